The molecule has 1 saturated heterocycles. The van der Waals surface area contributed by atoms with Gasteiger partial charge < -0.3 is 10.2 Å². The predicted octanol–water partition coefficient (Wildman–Crippen LogP) is 4.10. The lowest BCUT2D eigenvalue weighted by Crippen LogP contribution is -2.31. The zero-order valence-corrected chi connectivity index (χ0v) is 15.6. The zero-order valence-electron chi connectivity index (χ0n) is 14.0. The zero-order chi connectivity index (χ0) is 17.1. The van der Waals surface area contributed by atoms with Crippen molar-refractivity contribution in [2.45, 2.75) is 33.1 Å². The van der Waals surface area contributed by atoms with E-state index in [0.29, 0.717) is 11.5 Å². The molecule has 0 spiro atoms. The van der Waals surface area contributed by atoms with Crippen LogP contribution in [0, 0.1) is 13.8 Å². The Kier molecular flexibility index (Phi) is 5.14. The fourth-order valence-electron chi connectivity index (χ4n) is 2.82. The molecule has 1 N–H and O–H groups in total. The van der Waals surface area contributed by atoms with Crippen LogP contribution in [-0.4, -0.2) is 29.0 Å². The number of nitrogens with zero attached hydrogens (tertiary/aromatic N) is 3. The van der Waals surface area contributed by atoms with Crippen LogP contribution in [0.2, 0.25) is 0 Å². The van der Waals surface area contributed by atoms with E-state index in [1.165, 1.54) is 19.3 Å². The first-order valence-electron chi connectivity index (χ1n) is 8.21. The molecule has 1 aliphatic heterocycles. The summed E-state index contributed by atoms with van der Waals surface area (Å²) >= 11 is 3.48. The maximum absolute atomic E-state index is 12.6. The maximum atomic E-state index is 12.6. The number of carbonyl (C=O) groups is 1. The third-order valence-electron chi connectivity index (χ3n) is 4.17. The minimum atomic E-state index is -0.213. The van der Waals surface area contributed by atoms with E-state index in [2.05, 4.69) is 36.1 Å². The Morgan fingerprint density at radius 3 is 2.58 bits per heavy atom. The van der Waals surface area contributed by atoms with E-state index in [9.17, 15) is 4.79 Å². The van der Waals surface area contributed by atoms with Gasteiger partial charge >= 0.3 is 0 Å². The van der Waals surface area contributed by atoms with Gasteiger partial charge in [0.2, 0.25) is 0 Å². The van der Waals surface area contributed by atoms with Gasteiger partial charge in [-0.1, -0.05) is 22.0 Å². The molecule has 3 rings (SSSR count). The van der Waals surface area contributed by atoms with Crippen molar-refractivity contribution in [3.05, 3.63) is 45.8 Å². The molecule has 0 radical (unpaired) electrons. The van der Waals surface area contributed by atoms with Crippen molar-refractivity contribution in [1.29, 1.82) is 0 Å². The van der Waals surface area contributed by atoms with Gasteiger partial charge in [-0.05, 0) is 50.8 Å². The molecule has 24 heavy (non-hydrogen) atoms. The molecule has 0 atom stereocenters. The van der Waals surface area contributed by atoms with Crippen LogP contribution in [-0.2, 0) is 0 Å². The number of hydrogen-bond donors (Lipinski definition) is 1. The van der Waals surface area contributed by atoms with Crippen molar-refractivity contribution in [1.82, 2.24) is 9.97 Å². The Morgan fingerprint density at radius 1 is 1.12 bits per heavy atom. The van der Waals surface area contributed by atoms with Crippen LogP contribution in [0.5, 0.6) is 0 Å². The van der Waals surface area contributed by atoms with E-state index < -0.39 is 0 Å². The third-order valence-corrected chi connectivity index (χ3v) is 5.02. The number of benzene rings is 1. The first kappa shape index (κ1) is 16.9. The van der Waals surface area contributed by atoms with Crippen LogP contribution in [0.3, 0.4) is 0 Å². The number of nitrogens with one attached hydrogen (secondary N) is 1. The first-order chi connectivity index (χ1) is 11.5. The van der Waals surface area contributed by atoms with E-state index in [0.717, 1.165) is 34.6 Å². The topological polar surface area (TPSA) is 58.1 Å². The number of piperidine rings is 1. The lowest BCUT2D eigenvalue weighted by atomic mass is 10.1. The molecule has 1 aromatic heterocycles. The average molecular weight is 389 g/mol. The van der Waals surface area contributed by atoms with E-state index in [1.807, 2.05) is 32.0 Å². The number of aromatic nitrogens is 2. The second kappa shape index (κ2) is 7.30. The van der Waals surface area contributed by atoms with Gasteiger partial charge in [0.15, 0.2) is 0 Å². The number of hydrogen-bond acceptors (Lipinski definition) is 4. The molecule has 2 aromatic rings. The van der Waals surface area contributed by atoms with Crippen LogP contribution >= 0.6 is 15.9 Å². The monoisotopic (exact) mass is 388 g/mol. The molecular formula is C18H21BrN4O. The van der Waals surface area contributed by atoms with Gasteiger partial charge in [-0.25, -0.2) is 9.97 Å². The van der Waals surface area contributed by atoms with Crippen LogP contribution in [0.1, 0.15) is 41.1 Å². The average Bonchev–Trinajstić information content (AvgIpc) is 2.58. The molecule has 1 aromatic carbocycles. The summed E-state index contributed by atoms with van der Waals surface area (Å²) in [5.41, 5.74) is 2.27. The quantitative estimate of drug-likeness (QED) is 0.859. The minimum absolute atomic E-state index is 0.213. The Labute approximate surface area is 150 Å². The van der Waals surface area contributed by atoms with Crippen molar-refractivity contribution in [3.8, 4) is 0 Å². The summed E-state index contributed by atoms with van der Waals surface area (Å²) in [6.45, 7) is 5.81. The number of aryl methyl sites for hydroxylation is 2. The van der Waals surface area contributed by atoms with Crippen molar-refractivity contribution in [2.24, 2.45) is 0 Å². The Bertz CT molecular complexity index is 757. The van der Waals surface area contributed by atoms with E-state index in [4.69, 9.17) is 0 Å². The smallest absolute Gasteiger partial charge is 0.274 e. The lowest BCUT2D eigenvalue weighted by Gasteiger charge is -2.28. The summed E-state index contributed by atoms with van der Waals surface area (Å²) in [6.07, 6.45) is 3.60. The number of anilines is 2. The van der Waals surface area contributed by atoms with Crippen LogP contribution in [0.15, 0.2) is 28.7 Å². The highest BCUT2D eigenvalue weighted by atomic mass is 79.9. The molecule has 0 bridgehead atoms. The Hall–Kier alpha value is -1.95. The second-order valence-electron chi connectivity index (χ2n) is 6.12. The van der Waals surface area contributed by atoms with Crippen molar-refractivity contribution < 1.29 is 4.79 Å². The summed E-state index contributed by atoms with van der Waals surface area (Å²) in [5.74, 6) is 1.25. The first-order valence-corrected chi connectivity index (χ1v) is 9.00. The maximum Gasteiger partial charge on any atom is 0.274 e. The van der Waals surface area contributed by atoms with E-state index in [-0.39, 0.29) is 5.91 Å². The van der Waals surface area contributed by atoms with Gasteiger partial charge in [-0.15, -0.1) is 0 Å². The lowest BCUT2D eigenvalue weighted by molar-refractivity contribution is 0.102. The number of halogens is 1. The SMILES string of the molecule is Cc1nc(C(=O)Nc2ccc(C)c(Br)c2)cc(N2CCCCC2)n1. The van der Waals surface area contributed by atoms with Crippen molar-refractivity contribution >= 4 is 33.3 Å². The molecule has 0 aliphatic carbocycles. The Balaban J connectivity index is 1.81. The summed E-state index contributed by atoms with van der Waals surface area (Å²) in [6, 6.07) is 7.53. The van der Waals surface area contributed by atoms with E-state index in [1.54, 1.807) is 6.07 Å². The van der Waals surface area contributed by atoms with Gasteiger partial charge in [0, 0.05) is 29.3 Å². The van der Waals surface area contributed by atoms with Crippen LogP contribution < -0.4 is 10.2 Å². The molecular weight excluding hydrogens is 368 g/mol. The van der Waals surface area contributed by atoms with Crippen molar-refractivity contribution in [3.63, 3.8) is 0 Å². The summed E-state index contributed by atoms with van der Waals surface area (Å²) < 4.78 is 0.966. The second-order valence-corrected chi connectivity index (χ2v) is 6.98. The normalized spacial score (nSPS) is 14.5. The highest BCUT2D eigenvalue weighted by Gasteiger charge is 2.17. The number of carbonyl (C=O) groups excluding carboxylic acids is 1. The van der Waals surface area contributed by atoms with Crippen LogP contribution in [0.4, 0.5) is 11.5 Å². The van der Waals surface area contributed by atoms with Gasteiger partial charge in [0.1, 0.15) is 17.3 Å². The molecule has 6 heteroatoms. The molecule has 1 amide bonds. The molecule has 1 fully saturated rings. The van der Waals surface area contributed by atoms with Crippen molar-refractivity contribution in [2.75, 3.05) is 23.3 Å². The molecule has 0 unspecified atom stereocenters. The Morgan fingerprint density at radius 2 is 1.88 bits per heavy atom. The molecule has 5 nitrogen and oxygen atoms in total. The summed E-state index contributed by atoms with van der Waals surface area (Å²) in [7, 11) is 0. The van der Waals surface area contributed by atoms with Gasteiger partial charge in [-0.3, -0.25) is 4.79 Å². The van der Waals surface area contributed by atoms with Crippen LogP contribution in [0.25, 0.3) is 0 Å². The minimum Gasteiger partial charge on any atom is -0.356 e. The number of rotatable bonds is 3. The highest BCUT2D eigenvalue weighted by Crippen LogP contribution is 2.22. The molecule has 2 heterocycles. The third kappa shape index (κ3) is 3.93. The molecule has 1 aliphatic rings. The number of amides is 1. The van der Waals surface area contributed by atoms with Gasteiger partial charge in [0.25, 0.3) is 5.91 Å². The fourth-order valence-corrected chi connectivity index (χ4v) is 3.20. The standard InChI is InChI=1S/C18H21BrN4O/c1-12-6-7-14(10-15(12)19)22-18(24)16-11-17(21-13(2)20-16)23-8-4-3-5-9-23/h6-7,10-11H,3-5,8-9H2,1-2H3,(H,22,24). The van der Waals surface area contributed by atoms with Gasteiger partial charge in [-0.2, -0.15) is 0 Å². The molecule has 126 valence electrons. The highest BCUT2D eigenvalue weighted by molar-refractivity contribution is 9.10. The summed E-state index contributed by atoms with van der Waals surface area (Å²) in [4.78, 5) is 23.6. The fraction of sp³-hybridized carbons (Fsp3) is 0.389. The predicted molar refractivity (Wildman–Crippen MR) is 99.7 cm³/mol. The van der Waals surface area contributed by atoms with Gasteiger partial charge in [0.05, 0.1) is 0 Å². The summed E-state index contributed by atoms with van der Waals surface area (Å²) in [5, 5.41) is 2.91. The molecule has 0 saturated carbocycles. The largest absolute Gasteiger partial charge is 0.356 e. The van der Waals surface area contributed by atoms with E-state index >= 15 is 0 Å².